The number of urea groups is 1. The third-order valence-electron chi connectivity index (χ3n) is 5.56. The number of carbonyl (C=O) groups is 1. The van der Waals surface area contributed by atoms with Crippen LogP contribution in [0.3, 0.4) is 0 Å². The molecule has 2 unspecified atom stereocenters. The zero-order valence-corrected chi connectivity index (χ0v) is 13.7. The summed E-state index contributed by atoms with van der Waals surface area (Å²) in [4.78, 5) is 14.0. The number of ether oxygens (including phenoxy) is 1. The van der Waals surface area contributed by atoms with Gasteiger partial charge in [0.05, 0.1) is 11.7 Å². The summed E-state index contributed by atoms with van der Waals surface area (Å²) in [6.45, 7) is 1.18. The first-order chi connectivity index (χ1) is 10.6. The van der Waals surface area contributed by atoms with E-state index < -0.39 is 0 Å². The zero-order valence-electron chi connectivity index (χ0n) is 13.7. The molecule has 2 aliphatic carbocycles. The smallest absolute Gasteiger partial charge is 0.317 e. The minimum absolute atomic E-state index is 0.0144. The molecular formula is C17H30N2O3. The van der Waals surface area contributed by atoms with Gasteiger partial charge in [-0.15, -0.1) is 0 Å². The van der Waals surface area contributed by atoms with Gasteiger partial charge < -0.3 is 20.1 Å². The van der Waals surface area contributed by atoms with Crippen LogP contribution >= 0.6 is 0 Å². The number of nitrogens with zero attached hydrogens (tertiary/aromatic N) is 1. The Labute approximate surface area is 133 Å². The van der Waals surface area contributed by atoms with Crippen molar-refractivity contribution in [1.29, 1.82) is 0 Å². The summed E-state index contributed by atoms with van der Waals surface area (Å²) in [7, 11) is 1.77. The Bertz CT molecular complexity index is 386. The average Bonchev–Trinajstić information content (AvgIpc) is 3.32. The van der Waals surface area contributed by atoms with E-state index in [0.29, 0.717) is 12.5 Å². The van der Waals surface area contributed by atoms with E-state index in [1.807, 2.05) is 0 Å². The third kappa shape index (κ3) is 3.93. The lowest BCUT2D eigenvalue weighted by atomic mass is 9.78. The molecule has 0 aromatic rings. The molecule has 22 heavy (non-hydrogen) atoms. The van der Waals surface area contributed by atoms with Crippen molar-refractivity contribution in [2.24, 2.45) is 5.92 Å². The normalized spacial score (nSPS) is 29.1. The number of nitrogens with one attached hydrogen (secondary N) is 1. The maximum Gasteiger partial charge on any atom is 0.317 e. The van der Waals surface area contributed by atoms with Crippen LogP contribution in [0.15, 0.2) is 0 Å². The fraction of sp³-hybridized carbons (Fsp3) is 0.941. The Morgan fingerprint density at radius 2 is 2.05 bits per heavy atom. The molecule has 2 saturated carbocycles. The molecule has 0 bridgehead atoms. The molecule has 1 aliphatic heterocycles. The molecule has 3 rings (SSSR count). The van der Waals surface area contributed by atoms with E-state index in [9.17, 15) is 9.90 Å². The number of aliphatic hydroxyl groups excluding tert-OH is 1. The van der Waals surface area contributed by atoms with Gasteiger partial charge in [-0.05, 0) is 44.4 Å². The first-order valence-electron chi connectivity index (χ1n) is 8.92. The molecule has 0 radical (unpaired) electrons. The quantitative estimate of drug-likeness (QED) is 0.837. The SMILES string of the molecule is CN(CC(O)C1CC1)C(=O)NC1CCOC2(CCCCC2)C1. The van der Waals surface area contributed by atoms with Gasteiger partial charge in [-0.2, -0.15) is 0 Å². The van der Waals surface area contributed by atoms with Gasteiger partial charge >= 0.3 is 6.03 Å². The van der Waals surface area contributed by atoms with Crippen LogP contribution in [0.1, 0.15) is 57.8 Å². The van der Waals surface area contributed by atoms with Crippen molar-refractivity contribution < 1.29 is 14.6 Å². The number of hydrogen-bond acceptors (Lipinski definition) is 3. The van der Waals surface area contributed by atoms with Gasteiger partial charge in [0.15, 0.2) is 0 Å². The predicted octanol–water partition coefficient (Wildman–Crippen LogP) is 2.28. The molecule has 2 atom stereocenters. The maximum atomic E-state index is 12.3. The second-order valence-corrected chi connectivity index (χ2v) is 7.52. The Hall–Kier alpha value is -0.810. The van der Waals surface area contributed by atoms with Gasteiger partial charge in [0, 0.05) is 26.2 Å². The summed E-state index contributed by atoms with van der Waals surface area (Å²) in [5.41, 5.74) is 0.0144. The first-order valence-corrected chi connectivity index (χ1v) is 8.92. The van der Waals surface area contributed by atoms with Crippen molar-refractivity contribution in [2.45, 2.75) is 75.5 Å². The Morgan fingerprint density at radius 1 is 1.32 bits per heavy atom. The number of rotatable bonds is 4. The highest BCUT2D eigenvalue weighted by molar-refractivity contribution is 5.74. The Kier molecular flexibility index (Phi) is 4.93. The minimum atomic E-state index is -0.366. The highest BCUT2D eigenvalue weighted by atomic mass is 16.5. The maximum absolute atomic E-state index is 12.3. The number of likely N-dealkylation sites (N-methyl/N-ethyl adjacent to an activating group) is 1. The second kappa shape index (κ2) is 6.75. The summed E-state index contributed by atoms with van der Waals surface area (Å²) in [5, 5.41) is 13.1. The van der Waals surface area contributed by atoms with Crippen LogP contribution in [-0.4, -0.2) is 54.0 Å². The van der Waals surface area contributed by atoms with Crippen LogP contribution in [0.25, 0.3) is 0 Å². The Balaban J connectivity index is 1.47. The second-order valence-electron chi connectivity index (χ2n) is 7.52. The summed E-state index contributed by atoms with van der Waals surface area (Å²) in [5.74, 6) is 0.406. The largest absolute Gasteiger partial charge is 0.391 e. The standard InChI is InChI=1S/C17H30N2O3/c1-19(12-15(20)13-5-6-13)16(21)18-14-7-10-22-17(11-14)8-3-2-4-9-17/h13-15,20H,2-12H2,1H3,(H,18,21). The number of aliphatic hydroxyl groups is 1. The highest BCUT2D eigenvalue weighted by Gasteiger charge is 2.39. The monoisotopic (exact) mass is 310 g/mol. The third-order valence-corrected chi connectivity index (χ3v) is 5.56. The fourth-order valence-corrected chi connectivity index (χ4v) is 3.97. The summed E-state index contributed by atoms with van der Waals surface area (Å²) < 4.78 is 6.08. The molecular weight excluding hydrogens is 280 g/mol. The van der Waals surface area contributed by atoms with Crippen LogP contribution in [0, 0.1) is 5.92 Å². The summed E-state index contributed by atoms with van der Waals surface area (Å²) in [6, 6.07) is 0.150. The van der Waals surface area contributed by atoms with E-state index in [0.717, 1.165) is 45.1 Å². The molecule has 1 spiro atoms. The van der Waals surface area contributed by atoms with E-state index in [4.69, 9.17) is 4.74 Å². The summed E-state index contributed by atoms with van der Waals surface area (Å²) in [6.07, 6.45) is 9.73. The van der Waals surface area contributed by atoms with E-state index in [2.05, 4.69) is 5.32 Å². The minimum Gasteiger partial charge on any atom is -0.391 e. The average molecular weight is 310 g/mol. The molecule has 1 heterocycles. The number of hydrogen-bond donors (Lipinski definition) is 2. The van der Waals surface area contributed by atoms with Crippen LogP contribution in [0.4, 0.5) is 4.79 Å². The molecule has 2 N–H and O–H groups in total. The van der Waals surface area contributed by atoms with Gasteiger partial charge in [-0.3, -0.25) is 0 Å². The van der Waals surface area contributed by atoms with E-state index in [-0.39, 0.29) is 23.8 Å². The molecule has 5 heteroatoms. The zero-order chi connectivity index (χ0) is 15.6. The molecule has 3 fully saturated rings. The number of amides is 2. The van der Waals surface area contributed by atoms with Gasteiger partial charge in [0.2, 0.25) is 0 Å². The molecule has 0 aromatic heterocycles. The lowest BCUT2D eigenvalue weighted by Crippen LogP contribution is -2.52. The molecule has 3 aliphatic rings. The molecule has 5 nitrogen and oxygen atoms in total. The van der Waals surface area contributed by atoms with Crippen molar-refractivity contribution in [1.82, 2.24) is 10.2 Å². The molecule has 126 valence electrons. The molecule has 0 aromatic carbocycles. The van der Waals surface area contributed by atoms with Crippen molar-refractivity contribution in [3.63, 3.8) is 0 Å². The lowest BCUT2D eigenvalue weighted by molar-refractivity contribution is -0.108. The van der Waals surface area contributed by atoms with E-state index >= 15 is 0 Å². The highest BCUT2D eigenvalue weighted by Crippen LogP contribution is 2.38. The van der Waals surface area contributed by atoms with Gasteiger partial charge in [-0.25, -0.2) is 4.79 Å². The summed E-state index contributed by atoms with van der Waals surface area (Å²) >= 11 is 0. The van der Waals surface area contributed by atoms with Gasteiger partial charge in [-0.1, -0.05) is 19.3 Å². The molecule has 2 amide bonds. The first kappa shape index (κ1) is 16.1. The van der Waals surface area contributed by atoms with Crippen molar-refractivity contribution >= 4 is 6.03 Å². The van der Waals surface area contributed by atoms with Crippen LogP contribution in [0.2, 0.25) is 0 Å². The van der Waals surface area contributed by atoms with Crippen molar-refractivity contribution in [2.75, 3.05) is 20.2 Å². The van der Waals surface area contributed by atoms with Crippen molar-refractivity contribution in [3.05, 3.63) is 0 Å². The van der Waals surface area contributed by atoms with Gasteiger partial charge in [0.1, 0.15) is 0 Å². The topological polar surface area (TPSA) is 61.8 Å². The predicted molar refractivity (Wildman–Crippen MR) is 84.7 cm³/mol. The lowest BCUT2D eigenvalue weighted by Gasteiger charge is -2.43. The number of carbonyl (C=O) groups excluding carboxylic acids is 1. The van der Waals surface area contributed by atoms with Crippen LogP contribution in [-0.2, 0) is 4.74 Å². The molecule has 1 saturated heterocycles. The van der Waals surface area contributed by atoms with E-state index in [1.54, 1.807) is 11.9 Å². The van der Waals surface area contributed by atoms with Crippen LogP contribution in [0.5, 0.6) is 0 Å². The van der Waals surface area contributed by atoms with Crippen LogP contribution < -0.4 is 5.32 Å². The fourth-order valence-electron chi connectivity index (χ4n) is 3.97. The van der Waals surface area contributed by atoms with E-state index in [1.165, 1.54) is 19.3 Å². The van der Waals surface area contributed by atoms with Gasteiger partial charge in [0.25, 0.3) is 0 Å². The van der Waals surface area contributed by atoms with Crippen molar-refractivity contribution in [3.8, 4) is 0 Å². The Morgan fingerprint density at radius 3 is 2.73 bits per heavy atom.